The minimum atomic E-state index is -4.19. The molecule has 0 aliphatic heterocycles. The number of halogens is 4. The van der Waals surface area contributed by atoms with Crippen molar-refractivity contribution >= 4 is 46.8 Å². The van der Waals surface area contributed by atoms with Crippen molar-refractivity contribution in [2.45, 2.75) is 12.6 Å². The molecule has 0 saturated heterocycles. The van der Waals surface area contributed by atoms with E-state index in [1.54, 1.807) is 17.9 Å². The van der Waals surface area contributed by atoms with Crippen LogP contribution in [0.1, 0.15) is 6.42 Å². The monoisotopic (exact) mass is 472 g/mol. The van der Waals surface area contributed by atoms with E-state index in [4.69, 9.17) is 0 Å². The Morgan fingerprint density at radius 3 is 2.60 bits per heavy atom. The Morgan fingerprint density at radius 2 is 1.92 bits per heavy atom. The molecule has 25 heavy (non-hydrogen) atoms. The van der Waals surface area contributed by atoms with E-state index in [9.17, 15) is 13.2 Å². The second kappa shape index (κ2) is 9.58. The van der Waals surface area contributed by atoms with Gasteiger partial charge in [0.1, 0.15) is 12.1 Å². The number of aryl methyl sites for hydroxylation is 1. The molecule has 0 aliphatic rings. The van der Waals surface area contributed by atoms with E-state index in [0.717, 1.165) is 5.39 Å². The summed E-state index contributed by atoms with van der Waals surface area (Å²) in [5, 5.41) is 13.6. The van der Waals surface area contributed by atoms with Gasteiger partial charge in [-0.3, -0.25) is 9.67 Å². The number of rotatable bonds is 6. The highest BCUT2D eigenvalue weighted by Gasteiger charge is 2.26. The molecule has 0 unspecified atom stereocenters. The summed E-state index contributed by atoms with van der Waals surface area (Å²) in [6.45, 7) is 0.733. The van der Waals surface area contributed by atoms with Gasteiger partial charge in [0.05, 0.1) is 18.0 Å². The first-order chi connectivity index (χ1) is 11.4. The molecule has 140 valence electrons. The summed E-state index contributed by atoms with van der Waals surface area (Å²) in [5.41, 5.74) is 0.713. The molecule has 0 saturated carbocycles. The van der Waals surface area contributed by atoms with E-state index in [2.05, 4.69) is 36.0 Å². The predicted octanol–water partition coefficient (Wildman–Crippen LogP) is 1.51. The van der Waals surface area contributed by atoms with Gasteiger partial charge in [-0.2, -0.15) is 18.3 Å². The van der Waals surface area contributed by atoms with Crippen LogP contribution in [0, 0.1) is 0 Å². The van der Waals surface area contributed by atoms with Gasteiger partial charge in [-0.05, 0) is 0 Å². The minimum Gasteiger partial charge on any atom is -0.368 e. The topological polar surface area (TPSA) is 92.1 Å². The van der Waals surface area contributed by atoms with Crippen molar-refractivity contribution in [2.75, 3.05) is 32.0 Å². The molecule has 8 nitrogen and oxygen atoms in total. The van der Waals surface area contributed by atoms with Gasteiger partial charge in [-0.15, -0.1) is 24.0 Å². The van der Waals surface area contributed by atoms with Crippen molar-refractivity contribution in [3.63, 3.8) is 0 Å². The first kappa shape index (κ1) is 21.2. The third-order valence-electron chi connectivity index (χ3n) is 3.16. The number of fused-ring (bicyclic) bond motifs is 1. The van der Waals surface area contributed by atoms with Crippen molar-refractivity contribution in [3.05, 3.63) is 12.5 Å². The molecule has 0 spiro atoms. The van der Waals surface area contributed by atoms with Gasteiger partial charge >= 0.3 is 6.18 Å². The molecule has 2 aromatic heterocycles. The number of aliphatic imine (C=N–C) groups is 1. The van der Waals surface area contributed by atoms with Gasteiger partial charge in [0.2, 0.25) is 0 Å². The van der Waals surface area contributed by atoms with Crippen LogP contribution in [0.2, 0.25) is 0 Å². The van der Waals surface area contributed by atoms with Crippen molar-refractivity contribution < 1.29 is 13.2 Å². The van der Waals surface area contributed by atoms with E-state index in [1.807, 2.05) is 0 Å². The highest BCUT2D eigenvalue weighted by atomic mass is 127. The molecule has 0 aromatic carbocycles. The first-order valence-corrected chi connectivity index (χ1v) is 7.28. The van der Waals surface area contributed by atoms with E-state index < -0.39 is 12.6 Å². The Hall–Kier alpha value is -1.86. The Balaban J connectivity index is 0.00000312. The number of guanidine groups is 1. The molecular formula is C13H20F3IN8. The summed E-state index contributed by atoms with van der Waals surface area (Å²) in [7, 11) is 3.29. The molecular weight excluding hydrogens is 452 g/mol. The quantitative estimate of drug-likeness (QED) is 0.256. The van der Waals surface area contributed by atoms with Crippen LogP contribution in [-0.4, -0.2) is 58.6 Å². The molecule has 0 aliphatic carbocycles. The predicted molar refractivity (Wildman–Crippen MR) is 100 cm³/mol. The summed E-state index contributed by atoms with van der Waals surface area (Å²) in [6.07, 6.45) is -1.98. The summed E-state index contributed by atoms with van der Waals surface area (Å²) in [6, 6.07) is 0. The standard InChI is InChI=1S/C13H19F3N8.HI/c1-17-12(19-4-3-13(14,15)16)20-6-5-18-10-9-7-23-24(2)11(9)22-8-21-10;/h7-8H,3-6H2,1-2H3,(H2,17,19,20)(H,18,21,22);1H. The van der Waals surface area contributed by atoms with Crippen LogP contribution in [0.4, 0.5) is 19.0 Å². The number of anilines is 1. The number of aromatic nitrogens is 4. The molecule has 2 heterocycles. The smallest absolute Gasteiger partial charge is 0.368 e. The highest BCUT2D eigenvalue weighted by molar-refractivity contribution is 14.0. The lowest BCUT2D eigenvalue weighted by molar-refractivity contribution is -0.132. The lowest BCUT2D eigenvalue weighted by Crippen LogP contribution is -2.40. The molecule has 0 radical (unpaired) electrons. The van der Waals surface area contributed by atoms with Crippen LogP contribution in [0.5, 0.6) is 0 Å². The fraction of sp³-hybridized carbons (Fsp3) is 0.538. The second-order valence-electron chi connectivity index (χ2n) is 4.95. The summed E-state index contributed by atoms with van der Waals surface area (Å²) >= 11 is 0. The number of alkyl halides is 3. The zero-order valence-electron chi connectivity index (χ0n) is 13.8. The molecule has 0 bridgehead atoms. The second-order valence-corrected chi connectivity index (χ2v) is 4.95. The maximum atomic E-state index is 12.1. The fourth-order valence-corrected chi connectivity index (χ4v) is 2.01. The number of nitrogens with zero attached hydrogens (tertiary/aromatic N) is 5. The Labute approximate surface area is 159 Å². The molecule has 0 amide bonds. The Morgan fingerprint density at radius 1 is 1.20 bits per heavy atom. The third-order valence-corrected chi connectivity index (χ3v) is 3.16. The first-order valence-electron chi connectivity index (χ1n) is 7.28. The molecule has 3 N–H and O–H groups in total. The van der Waals surface area contributed by atoms with Crippen LogP contribution < -0.4 is 16.0 Å². The molecule has 12 heteroatoms. The number of hydrogen-bond donors (Lipinski definition) is 3. The van der Waals surface area contributed by atoms with Gasteiger partial charge < -0.3 is 16.0 Å². The van der Waals surface area contributed by atoms with Gasteiger partial charge in [-0.25, -0.2) is 9.97 Å². The van der Waals surface area contributed by atoms with Crippen LogP contribution >= 0.6 is 24.0 Å². The highest BCUT2D eigenvalue weighted by Crippen LogP contribution is 2.18. The largest absolute Gasteiger partial charge is 0.390 e. The average Bonchev–Trinajstić information content (AvgIpc) is 2.91. The lowest BCUT2D eigenvalue weighted by Gasteiger charge is -2.13. The maximum absolute atomic E-state index is 12.1. The summed E-state index contributed by atoms with van der Waals surface area (Å²) < 4.78 is 38.0. The number of nitrogens with one attached hydrogen (secondary N) is 3. The van der Waals surface area contributed by atoms with E-state index in [-0.39, 0.29) is 30.5 Å². The van der Waals surface area contributed by atoms with Crippen LogP contribution in [0.15, 0.2) is 17.5 Å². The van der Waals surface area contributed by atoms with E-state index in [0.29, 0.717) is 30.5 Å². The van der Waals surface area contributed by atoms with Crippen molar-refractivity contribution in [2.24, 2.45) is 12.0 Å². The normalized spacial score (nSPS) is 12.0. The SMILES string of the molecule is CN=C(NCCNc1ncnc2c1cnn2C)NCCC(F)(F)F.I. The average molecular weight is 472 g/mol. The minimum absolute atomic E-state index is 0. The maximum Gasteiger partial charge on any atom is 0.390 e. The van der Waals surface area contributed by atoms with E-state index >= 15 is 0 Å². The molecule has 0 fully saturated rings. The zero-order chi connectivity index (χ0) is 17.6. The Kier molecular flexibility index (Phi) is 8.12. The van der Waals surface area contributed by atoms with Crippen LogP contribution in [0.25, 0.3) is 11.0 Å². The van der Waals surface area contributed by atoms with Crippen LogP contribution in [0.3, 0.4) is 0 Å². The lowest BCUT2D eigenvalue weighted by atomic mass is 10.4. The molecule has 2 aromatic rings. The van der Waals surface area contributed by atoms with Gasteiger partial charge in [0.25, 0.3) is 0 Å². The van der Waals surface area contributed by atoms with E-state index in [1.165, 1.54) is 13.4 Å². The molecule has 0 atom stereocenters. The van der Waals surface area contributed by atoms with Crippen molar-refractivity contribution in [1.82, 2.24) is 30.4 Å². The van der Waals surface area contributed by atoms with Crippen molar-refractivity contribution in [1.29, 1.82) is 0 Å². The summed E-state index contributed by atoms with van der Waals surface area (Å²) in [5.74, 6) is 0.963. The Bertz CT molecular complexity index is 700. The molecule has 2 rings (SSSR count). The fourth-order valence-electron chi connectivity index (χ4n) is 2.01. The van der Waals surface area contributed by atoms with Crippen LogP contribution in [-0.2, 0) is 7.05 Å². The van der Waals surface area contributed by atoms with Gasteiger partial charge in [0, 0.05) is 33.7 Å². The van der Waals surface area contributed by atoms with Crippen molar-refractivity contribution in [3.8, 4) is 0 Å². The number of hydrogen-bond acceptors (Lipinski definition) is 5. The zero-order valence-corrected chi connectivity index (χ0v) is 16.1. The summed E-state index contributed by atoms with van der Waals surface area (Å²) in [4.78, 5) is 12.2. The van der Waals surface area contributed by atoms with Gasteiger partial charge in [0.15, 0.2) is 11.6 Å². The third kappa shape index (κ3) is 6.51. The van der Waals surface area contributed by atoms with Gasteiger partial charge in [-0.1, -0.05) is 0 Å².